The van der Waals surface area contributed by atoms with Gasteiger partial charge in [-0.2, -0.15) is 0 Å². The molecule has 0 bridgehead atoms. The fourth-order valence-corrected chi connectivity index (χ4v) is 3.70. The molecule has 0 spiro atoms. The van der Waals surface area contributed by atoms with E-state index in [0.29, 0.717) is 0 Å². The van der Waals surface area contributed by atoms with Crippen molar-refractivity contribution in [2.45, 2.75) is 19.8 Å². The predicted octanol–water partition coefficient (Wildman–Crippen LogP) is 4.57. The van der Waals surface area contributed by atoms with Gasteiger partial charge in [-0.05, 0) is 49.6 Å². The van der Waals surface area contributed by atoms with Crippen LogP contribution in [0.4, 0.5) is 5.13 Å². The SMILES string of the molecule is COc1ccc2c(c1)-c1nc(N=Cc3ccc(C)o3)sc1CC2. The number of methoxy groups -OCH3 is 1. The number of ether oxygens (including phenoxy) is 1. The second-order valence-corrected chi connectivity index (χ2v) is 6.56. The van der Waals surface area contributed by atoms with E-state index < -0.39 is 0 Å². The number of aromatic nitrogens is 1. The van der Waals surface area contributed by atoms with Gasteiger partial charge >= 0.3 is 0 Å². The van der Waals surface area contributed by atoms with Gasteiger partial charge in [-0.1, -0.05) is 17.4 Å². The van der Waals surface area contributed by atoms with Crippen LogP contribution in [-0.2, 0) is 12.8 Å². The number of fused-ring (bicyclic) bond motifs is 3. The second kappa shape index (κ2) is 5.66. The summed E-state index contributed by atoms with van der Waals surface area (Å²) in [6, 6.07) is 10.0. The van der Waals surface area contributed by atoms with Crippen molar-refractivity contribution in [3.63, 3.8) is 0 Å². The Labute approximate surface area is 138 Å². The van der Waals surface area contributed by atoms with Crippen LogP contribution in [0.5, 0.6) is 5.75 Å². The van der Waals surface area contributed by atoms with Crippen molar-refractivity contribution >= 4 is 22.7 Å². The highest BCUT2D eigenvalue weighted by Crippen LogP contribution is 2.40. The van der Waals surface area contributed by atoms with Gasteiger partial charge in [0.1, 0.15) is 17.3 Å². The first kappa shape index (κ1) is 14.2. The molecule has 116 valence electrons. The normalized spacial score (nSPS) is 13.1. The minimum absolute atomic E-state index is 0.748. The molecule has 0 saturated carbocycles. The van der Waals surface area contributed by atoms with Crippen molar-refractivity contribution in [3.8, 4) is 17.0 Å². The molecule has 4 nitrogen and oxygen atoms in total. The van der Waals surface area contributed by atoms with Crippen LogP contribution < -0.4 is 4.74 Å². The average Bonchev–Trinajstić information content (AvgIpc) is 3.18. The molecule has 0 saturated heterocycles. The molecule has 1 aromatic carbocycles. The smallest absolute Gasteiger partial charge is 0.210 e. The molecule has 0 amide bonds. The lowest BCUT2D eigenvalue weighted by molar-refractivity contribution is 0.415. The fourth-order valence-electron chi connectivity index (χ4n) is 2.79. The molecule has 0 atom stereocenters. The summed E-state index contributed by atoms with van der Waals surface area (Å²) in [5.41, 5.74) is 3.52. The van der Waals surface area contributed by atoms with E-state index in [0.717, 1.165) is 46.5 Å². The van der Waals surface area contributed by atoms with Crippen LogP contribution in [0.25, 0.3) is 11.3 Å². The van der Waals surface area contributed by atoms with Gasteiger partial charge in [0.05, 0.1) is 19.0 Å². The van der Waals surface area contributed by atoms with Gasteiger partial charge in [0, 0.05) is 10.4 Å². The number of furan rings is 1. The van der Waals surface area contributed by atoms with Crippen LogP contribution in [0.15, 0.2) is 39.7 Å². The Bertz CT molecular complexity index is 892. The van der Waals surface area contributed by atoms with Crippen LogP contribution in [0, 0.1) is 6.92 Å². The molecule has 0 unspecified atom stereocenters. The minimum Gasteiger partial charge on any atom is -0.497 e. The minimum atomic E-state index is 0.748. The van der Waals surface area contributed by atoms with Crippen molar-refractivity contribution in [3.05, 3.63) is 52.3 Å². The standard InChI is InChI=1S/C18H16N2O2S/c1-11-3-6-14(22-11)10-19-18-20-17-15-9-13(21-2)7-4-12(15)5-8-16(17)23-18/h3-4,6-7,9-10H,5,8H2,1-2H3. The number of rotatable bonds is 3. The predicted molar refractivity (Wildman–Crippen MR) is 92.2 cm³/mol. The summed E-state index contributed by atoms with van der Waals surface area (Å²) < 4.78 is 10.8. The maximum Gasteiger partial charge on any atom is 0.210 e. The molecule has 3 aromatic rings. The third-order valence-corrected chi connectivity index (χ3v) is 4.97. The first-order chi connectivity index (χ1) is 11.2. The summed E-state index contributed by atoms with van der Waals surface area (Å²) in [5, 5.41) is 0.764. The topological polar surface area (TPSA) is 47.6 Å². The fraction of sp³-hybridized carbons (Fsp3) is 0.222. The summed E-state index contributed by atoms with van der Waals surface area (Å²) in [7, 11) is 1.69. The summed E-state index contributed by atoms with van der Waals surface area (Å²) >= 11 is 1.65. The quantitative estimate of drug-likeness (QED) is 0.663. The van der Waals surface area contributed by atoms with E-state index in [9.17, 15) is 0 Å². The lowest BCUT2D eigenvalue weighted by atomic mass is 9.93. The number of hydrogen-bond acceptors (Lipinski definition) is 5. The number of benzene rings is 1. The Morgan fingerprint density at radius 1 is 1.26 bits per heavy atom. The molecule has 1 aliphatic carbocycles. The molecule has 2 heterocycles. The molecule has 5 heteroatoms. The van der Waals surface area contributed by atoms with E-state index in [1.54, 1.807) is 24.7 Å². The molecule has 0 aliphatic heterocycles. The maximum atomic E-state index is 5.50. The van der Waals surface area contributed by atoms with E-state index in [1.165, 1.54) is 10.4 Å². The van der Waals surface area contributed by atoms with Gasteiger partial charge in [-0.25, -0.2) is 9.98 Å². The molecule has 2 aromatic heterocycles. The van der Waals surface area contributed by atoms with Gasteiger partial charge in [0.25, 0.3) is 0 Å². The Balaban J connectivity index is 1.69. The van der Waals surface area contributed by atoms with Crippen molar-refractivity contribution < 1.29 is 9.15 Å². The molecule has 23 heavy (non-hydrogen) atoms. The lowest BCUT2D eigenvalue weighted by Crippen LogP contribution is -2.02. The first-order valence-corrected chi connectivity index (χ1v) is 8.32. The van der Waals surface area contributed by atoms with Crippen molar-refractivity contribution in [1.29, 1.82) is 0 Å². The highest BCUT2D eigenvalue weighted by atomic mass is 32.1. The highest BCUT2D eigenvalue weighted by Gasteiger charge is 2.21. The van der Waals surface area contributed by atoms with Crippen LogP contribution in [0.2, 0.25) is 0 Å². The van der Waals surface area contributed by atoms with Gasteiger partial charge in [-0.15, -0.1) is 0 Å². The number of aliphatic imine (C=N–C) groups is 1. The Morgan fingerprint density at radius 3 is 2.96 bits per heavy atom. The van der Waals surface area contributed by atoms with Gasteiger partial charge in [0.2, 0.25) is 5.13 Å². The second-order valence-electron chi connectivity index (χ2n) is 5.50. The Kier molecular flexibility index (Phi) is 3.50. The third kappa shape index (κ3) is 2.68. The zero-order valence-electron chi connectivity index (χ0n) is 13.0. The van der Waals surface area contributed by atoms with E-state index in [-0.39, 0.29) is 0 Å². The van der Waals surface area contributed by atoms with Crippen molar-refractivity contribution in [1.82, 2.24) is 4.98 Å². The highest BCUT2D eigenvalue weighted by molar-refractivity contribution is 7.15. The number of nitrogens with zero attached hydrogens (tertiary/aromatic N) is 2. The summed E-state index contributed by atoms with van der Waals surface area (Å²) in [6.07, 6.45) is 3.78. The Morgan fingerprint density at radius 2 is 2.17 bits per heavy atom. The number of hydrogen-bond donors (Lipinski definition) is 0. The van der Waals surface area contributed by atoms with Crippen LogP contribution in [0.1, 0.15) is 22.0 Å². The summed E-state index contributed by atoms with van der Waals surface area (Å²) in [4.78, 5) is 10.5. The van der Waals surface area contributed by atoms with Gasteiger partial charge in [-0.3, -0.25) is 0 Å². The molecule has 4 rings (SSSR count). The Hall–Kier alpha value is -2.40. The zero-order valence-corrected chi connectivity index (χ0v) is 13.8. The molecular formula is C18H16N2O2S. The molecule has 0 fully saturated rings. The van der Waals surface area contributed by atoms with E-state index in [1.807, 2.05) is 25.1 Å². The number of thiazole rings is 1. The van der Waals surface area contributed by atoms with Gasteiger partial charge in [0.15, 0.2) is 0 Å². The summed E-state index contributed by atoms with van der Waals surface area (Å²) in [6.45, 7) is 1.92. The summed E-state index contributed by atoms with van der Waals surface area (Å²) in [5.74, 6) is 2.49. The van der Waals surface area contributed by atoms with Crippen LogP contribution in [0.3, 0.4) is 0 Å². The molecule has 0 radical (unpaired) electrons. The number of aryl methyl sites for hydroxylation is 3. The van der Waals surface area contributed by atoms with E-state index in [2.05, 4.69) is 17.1 Å². The van der Waals surface area contributed by atoms with Crippen molar-refractivity contribution in [2.24, 2.45) is 4.99 Å². The molecule has 0 N–H and O–H groups in total. The largest absolute Gasteiger partial charge is 0.497 e. The average molecular weight is 324 g/mol. The maximum absolute atomic E-state index is 5.50. The van der Waals surface area contributed by atoms with E-state index in [4.69, 9.17) is 14.1 Å². The van der Waals surface area contributed by atoms with Crippen molar-refractivity contribution in [2.75, 3.05) is 7.11 Å². The van der Waals surface area contributed by atoms with Crippen LogP contribution in [-0.4, -0.2) is 18.3 Å². The molecular weight excluding hydrogens is 308 g/mol. The third-order valence-electron chi connectivity index (χ3n) is 3.94. The first-order valence-electron chi connectivity index (χ1n) is 7.50. The monoisotopic (exact) mass is 324 g/mol. The molecule has 1 aliphatic rings. The zero-order chi connectivity index (χ0) is 15.8. The van der Waals surface area contributed by atoms with Gasteiger partial charge < -0.3 is 9.15 Å². The van der Waals surface area contributed by atoms with E-state index >= 15 is 0 Å². The lowest BCUT2D eigenvalue weighted by Gasteiger charge is -2.15. The van der Waals surface area contributed by atoms with Crippen LogP contribution >= 0.6 is 11.3 Å².